The van der Waals surface area contributed by atoms with Gasteiger partial charge in [-0.2, -0.15) is 0 Å². The van der Waals surface area contributed by atoms with Crippen LogP contribution in [0.1, 0.15) is 106 Å². The monoisotopic (exact) mass is 822 g/mol. The van der Waals surface area contributed by atoms with Gasteiger partial charge in [0.1, 0.15) is 36.6 Å². The molecule has 0 spiro atoms. The quantitative estimate of drug-likeness (QED) is 0.171. The molecule has 326 valence electrons. The lowest BCUT2D eigenvalue weighted by Gasteiger charge is -2.70. The molecule has 5 aliphatic carbocycles. The van der Waals surface area contributed by atoms with Gasteiger partial charge < -0.3 is 59.8 Å². The number of aliphatic hydroxyl groups excluding tert-OH is 5. The summed E-state index contributed by atoms with van der Waals surface area (Å²) in [7, 11) is 0. The van der Waals surface area contributed by atoms with E-state index in [0.717, 1.165) is 37.7 Å². The second-order valence-electron chi connectivity index (χ2n) is 20.6. The van der Waals surface area contributed by atoms with Crippen molar-refractivity contribution in [1.29, 1.82) is 0 Å². The highest BCUT2D eigenvalue weighted by molar-refractivity contribution is 5.95. The first-order valence-corrected chi connectivity index (χ1v) is 20.7. The fourth-order valence-electron chi connectivity index (χ4n) is 13.4. The van der Waals surface area contributed by atoms with Gasteiger partial charge >= 0.3 is 17.9 Å². The molecular weight excluding hydrogens is 760 g/mol. The molecule has 16 nitrogen and oxygen atoms in total. The van der Waals surface area contributed by atoms with Gasteiger partial charge in [-0.1, -0.05) is 47.1 Å². The Hall–Kier alpha value is -2.54. The number of fused-ring (bicyclic) bond motifs is 7. The maximum atomic E-state index is 14.8. The van der Waals surface area contributed by atoms with E-state index in [1.54, 1.807) is 0 Å². The fourth-order valence-corrected chi connectivity index (χ4v) is 13.4. The van der Waals surface area contributed by atoms with Gasteiger partial charge in [0.2, 0.25) is 0 Å². The molecule has 2 aliphatic heterocycles. The van der Waals surface area contributed by atoms with Gasteiger partial charge in [0.05, 0.1) is 11.5 Å². The first kappa shape index (κ1) is 43.5. The van der Waals surface area contributed by atoms with Crippen LogP contribution < -0.4 is 0 Å². The Balaban J connectivity index is 1.17. The number of ether oxygens (including phenoxy) is 4. The molecule has 2 saturated heterocycles. The number of carbonyl (C=O) groups is 4. The SMILES string of the molecule is CC1(C)[C@H](O[C@H]2O[C@@H](C(=O)O)[C@H](O)[C@@H](O)[C@@H]2O[C@@H]2O[C@H](C(=O)O)[C@H](O)[C@@H](O)[C@@H]2O)CC[C@]2(C)[C@H]1CC[C@]1(C)[C@H]2C(=O)C=C2[C@@H]3C[C@](C)(C(=O)O)CC[C@@]3(C)CC[C@@]21C. The molecule has 7 rings (SSSR count). The molecule has 58 heavy (non-hydrogen) atoms. The number of carboxylic acid groups (broad SMARTS) is 3. The van der Waals surface area contributed by atoms with Gasteiger partial charge in [-0.3, -0.25) is 9.59 Å². The van der Waals surface area contributed by atoms with E-state index in [1.807, 2.05) is 26.8 Å². The van der Waals surface area contributed by atoms with E-state index >= 15 is 0 Å². The molecule has 0 aromatic rings. The van der Waals surface area contributed by atoms with Gasteiger partial charge in [0.15, 0.2) is 30.6 Å². The summed E-state index contributed by atoms with van der Waals surface area (Å²) in [4.78, 5) is 51.3. The van der Waals surface area contributed by atoms with Gasteiger partial charge in [0, 0.05) is 5.92 Å². The zero-order chi connectivity index (χ0) is 42.9. The summed E-state index contributed by atoms with van der Waals surface area (Å²) in [5.41, 5.74) is -1.81. The molecule has 0 aromatic heterocycles. The van der Waals surface area contributed by atoms with Crippen molar-refractivity contribution in [3.8, 4) is 0 Å². The highest BCUT2D eigenvalue weighted by atomic mass is 16.8. The minimum Gasteiger partial charge on any atom is -0.481 e. The largest absolute Gasteiger partial charge is 0.481 e. The third-order valence-electron chi connectivity index (χ3n) is 17.2. The Morgan fingerprint density at radius 2 is 1.28 bits per heavy atom. The van der Waals surface area contributed by atoms with E-state index in [9.17, 15) is 60.0 Å². The number of rotatable bonds is 7. The van der Waals surface area contributed by atoms with Crippen LogP contribution in [-0.4, -0.2) is 132 Å². The van der Waals surface area contributed by atoms with Crippen LogP contribution in [0.4, 0.5) is 0 Å². The van der Waals surface area contributed by atoms with Crippen molar-refractivity contribution in [1.82, 2.24) is 0 Å². The highest BCUT2D eigenvalue weighted by Crippen LogP contribution is 2.75. The zero-order valence-electron chi connectivity index (χ0n) is 34.4. The molecule has 6 fully saturated rings. The first-order valence-electron chi connectivity index (χ1n) is 20.7. The van der Waals surface area contributed by atoms with Crippen LogP contribution in [0.3, 0.4) is 0 Å². The van der Waals surface area contributed by atoms with Crippen molar-refractivity contribution < 1.29 is 79.0 Å². The van der Waals surface area contributed by atoms with Gasteiger partial charge in [-0.25, -0.2) is 9.59 Å². The topological polar surface area (TPSA) is 267 Å². The number of ketones is 1. The summed E-state index contributed by atoms with van der Waals surface area (Å²) in [6, 6.07) is 0. The van der Waals surface area contributed by atoms with E-state index in [-0.39, 0.29) is 34.4 Å². The molecule has 2 heterocycles. The number of hydrogen-bond donors (Lipinski definition) is 8. The Bertz CT molecular complexity index is 1730. The summed E-state index contributed by atoms with van der Waals surface area (Å²) < 4.78 is 23.4. The minimum absolute atomic E-state index is 0.0217. The second-order valence-corrected chi connectivity index (χ2v) is 20.6. The number of aliphatic carboxylic acids is 3. The van der Waals surface area contributed by atoms with Crippen LogP contribution in [0.25, 0.3) is 0 Å². The lowest BCUT2D eigenvalue weighted by Crippen LogP contribution is -2.68. The molecule has 19 atom stereocenters. The van der Waals surface area contributed by atoms with Gasteiger partial charge in [-0.15, -0.1) is 0 Å². The van der Waals surface area contributed by atoms with Crippen molar-refractivity contribution in [2.45, 2.75) is 174 Å². The molecule has 0 amide bonds. The maximum Gasteiger partial charge on any atom is 0.335 e. The predicted molar refractivity (Wildman–Crippen MR) is 199 cm³/mol. The maximum absolute atomic E-state index is 14.8. The van der Waals surface area contributed by atoms with Gasteiger partial charge in [0.25, 0.3) is 0 Å². The average molecular weight is 823 g/mol. The predicted octanol–water partition coefficient (Wildman–Crippen LogP) is 2.25. The standard InChI is InChI=1S/C42H62O16/c1-37(2)21-8-11-42(7)31(20(43)16-18-19-17-39(4,36(53)54)13-12-38(19,3)14-15-41(18,42)6)40(21,5)10-9-22(37)55-35-30(26(47)25(46)29(57-35)33(51)52)58-34-27(48)23(44)24(45)28(56-34)32(49)50/h16,19,21-31,34-35,44-48H,8-15,17H2,1-7H3,(H,49,50)(H,51,52)(H,53,54)/t19-,21-,22+,23+,24+,25+,26+,27-,28-,29+,30-,31-,34-,35-,38-,39+,40+,41-,42+/m0/s1. The molecule has 7 aliphatic rings. The number of carboxylic acids is 3. The van der Waals surface area contributed by atoms with Crippen LogP contribution in [0, 0.1) is 50.2 Å². The summed E-state index contributed by atoms with van der Waals surface area (Å²) >= 11 is 0. The van der Waals surface area contributed by atoms with Crippen molar-refractivity contribution in [2.24, 2.45) is 50.2 Å². The number of allylic oxidation sites excluding steroid dienone is 2. The molecule has 16 heteroatoms. The summed E-state index contributed by atoms with van der Waals surface area (Å²) in [5.74, 6) is -4.47. The van der Waals surface area contributed by atoms with E-state index < -0.39 is 107 Å². The molecule has 8 N–H and O–H groups in total. The van der Waals surface area contributed by atoms with Crippen LogP contribution >= 0.6 is 0 Å². The zero-order valence-corrected chi connectivity index (χ0v) is 34.4. The molecule has 0 radical (unpaired) electrons. The van der Waals surface area contributed by atoms with Crippen molar-refractivity contribution in [3.63, 3.8) is 0 Å². The highest BCUT2D eigenvalue weighted by Gasteiger charge is 2.71. The van der Waals surface area contributed by atoms with Crippen molar-refractivity contribution >= 4 is 23.7 Å². The Morgan fingerprint density at radius 1 is 0.690 bits per heavy atom. The van der Waals surface area contributed by atoms with Crippen molar-refractivity contribution in [3.05, 3.63) is 11.6 Å². The van der Waals surface area contributed by atoms with Crippen LogP contribution in [0.5, 0.6) is 0 Å². The summed E-state index contributed by atoms with van der Waals surface area (Å²) in [5, 5.41) is 83.0. The first-order chi connectivity index (χ1) is 26.8. The number of aliphatic hydroxyl groups is 5. The average Bonchev–Trinajstić information content (AvgIpc) is 3.13. The Kier molecular flexibility index (Phi) is 10.7. The van der Waals surface area contributed by atoms with Crippen LogP contribution in [-0.2, 0) is 38.1 Å². The van der Waals surface area contributed by atoms with E-state index in [2.05, 4.69) is 27.7 Å². The molecule has 4 saturated carbocycles. The lowest BCUT2D eigenvalue weighted by molar-refractivity contribution is -0.371. The van der Waals surface area contributed by atoms with Crippen molar-refractivity contribution in [2.75, 3.05) is 0 Å². The minimum atomic E-state index is -2.05. The molecular formula is C42H62O16. The number of carbonyl (C=O) groups excluding carboxylic acids is 1. The fraction of sp³-hybridized carbons (Fsp3) is 0.857. The molecule has 0 aromatic carbocycles. The van der Waals surface area contributed by atoms with Gasteiger partial charge in [-0.05, 0) is 110 Å². The second kappa shape index (κ2) is 14.3. The Labute approximate surface area is 337 Å². The third-order valence-corrected chi connectivity index (χ3v) is 17.2. The Morgan fingerprint density at radius 3 is 1.88 bits per heavy atom. The van der Waals surface area contributed by atoms with Crippen LogP contribution in [0.2, 0.25) is 0 Å². The molecule has 0 unspecified atom stereocenters. The van der Waals surface area contributed by atoms with E-state index in [0.29, 0.717) is 25.7 Å². The molecule has 0 bridgehead atoms. The van der Waals surface area contributed by atoms with E-state index in [1.165, 1.54) is 0 Å². The normalized spacial score (nSPS) is 52.6. The summed E-state index contributed by atoms with van der Waals surface area (Å²) in [6.45, 7) is 14.8. The lowest BCUT2D eigenvalue weighted by atomic mass is 9.33. The number of hydrogen-bond acceptors (Lipinski definition) is 13. The third kappa shape index (κ3) is 6.25. The smallest absolute Gasteiger partial charge is 0.335 e. The van der Waals surface area contributed by atoms with E-state index in [4.69, 9.17) is 18.9 Å². The summed E-state index contributed by atoms with van der Waals surface area (Å²) in [6.07, 6.45) is -12.2. The van der Waals surface area contributed by atoms with Crippen LogP contribution in [0.15, 0.2) is 11.6 Å².